The first kappa shape index (κ1) is 18.0. The second kappa shape index (κ2) is 6.86. The number of nitrogens with one attached hydrogen (secondary N) is 1. The number of halogens is 2. The van der Waals surface area contributed by atoms with E-state index in [0.717, 1.165) is 36.3 Å². The van der Waals surface area contributed by atoms with E-state index in [-0.39, 0.29) is 29.8 Å². The van der Waals surface area contributed by atoms with Crippen molar-refractivity contribution in [2.45, 2.75) is 56.5 Å². The summed E-state index contributed by atoms with van der Waals surface area (Å²) in [7, 11) is 0. The number of benzene rings is 1. The van der Waals surface area contributed by atoms with Gasteiger partial charge in [0.1, 0.15) is 0 Å². The molecule has 2 unspecified atom stereocenters. The van der Waals surface area contributed by atoms with Gasteiger partial charge in [-0.05, 0) is 68.1 Å². The van der Waals surface area contributed by atoms with Crippen LogP contribution < -0.4 is 11.1 Å². The maximum absolute atomic E-state index is 12.9. The third-order valence-electron chi connectivity index (χ3n) is 6.27. The zero-order chi connectivity index (χ0) is 16.0. The fourth-order valence-electron chi connectivity index (χ4n) is 4.74. The third-order valence-corrected chi connectivity index (χ3v) is 6.51. The van der Waals surface area contributed by atoms with E-state index >= 15 is 0 Å². The molecule has 0 heterocycles. The smallest absolute Gasteiger partial charge is 0.223 e. The zero-order valence-electron chi connectivity index (χ0n) is 13.8. The Morgan fingerprint density at radius 2 is 1.88 bits per heavy atom. The van der Waals surface area contributed by atoms with Crippen molar-refractivity contribution in [2.24, 2.45) is 23.5 Å². The van der Waals surface area contributed by atoms with Gasteiger partial charge >= 0.3 is 0 Å². The monoisotopic (exact) mass is 368 g/mol. The maximum Gasteiger partial charge on any atom is 0.223 e. The first-order chi connectivity index (χ1) is 11.1. The second-order valence-electron chi connectivity index (χ2n) is 7.78. The Kier molecular flexibility index (Phi) is 5.15. The topological polar surface area (TPSA) is 55.1 Å². The first-order valence-corrected chi connectivity index (χ1v) is 9.29. The minimum atomic E-state index is -0.170. The highest BCUT2D eigenvalue weighted by Gasteiger charge is 2.48. The van der Waals surface area contributed by atoms with Crippen LogP contribution in [0.15, 0.2) is 24.3 Å². The molecule has 5 heteroatoms. The summed E-state index contributed by atoms with van der Waals surface area (Å²) in [4.78, 5) is 12.9. The van der Waals surface area contributed by atoms with Crippen LogP contribution in [-0.2, 0) is 10.3 Å². The van der Waals surface area contributed by atoms with Crippen molar-refractivity contribution in [3.63, 3.8) is 0 Å². The zero-order valence-corrected chi connectivity index (χ0v) is 15.4. The molecule has 4 rings (SSSR count). The van der Waals surface area contributed by atoms with Gasteiger partial charge in [0, 0.05) is 17.0 Å². The molecule has 2 atom stereocenters. The standard InChI is InChI=1S/C19H25ClN2O.ClH/c20-16-6-2-5-15(11-16)19(7-8-19)22-18(23)14-9-12-3-1-4-13(10-14)17(12)21;/h2,5-6,11-14,17H,1,3-4,7-10,21H2,(H,22,23);1H. The van der Waals surface area contributed by atoms with Crippen molar-refractivity contribution in [3.05, 3.63) is 34.9 Å². The summed E-state index contributed by atoms with van der Waals surface area (Å²) in [6, 6.07) is 8.22. The Balaban J connectivity index is 0.00000169. The summed E-state index contributed by atoms with van der Waals surface area (Å²) in [5.74, 6) is 1.45. The maximum atomic E-state index is 12.9. The molecule has 1 amide bonds. The van der Waals surface area contributed by atoms with E-state index in [2.05, 4.69) is 11.4 Å². The SMILES string of the molecule is Cl.NC1C2CCCC1CC(C(=O)NC1(c3cccc(Cl)c3)CC1)C2. The molecule has 3 nitrogen and oxygen atoms in total. The van der Waals surface area contributed by atoms with Crippen LogP contribution in [0, 0.1) is 17.8 Å². The molecular weight excluding hydrogens is 343 g/mol. The van der Waals surface area contributed by atoms with Gasteiger partial charge in [-0.2, -0.15) is 0 Å². The molecule has 132 valence electrons. The summed E-state index contributed by atoms with van der Waals surface area (Å²) >= 11 is 6.12. The lowest BCUT2D eigenvalue weighted by molar-refractivity contribution is -0.129. The highest BCUT2D eigenvalue weighted by molar-refractivity contribution is 6.30. The fraction of sp³-hybridized carbons (Fsp3) is 0.632. The molecule has 24 heavy (non-hydrogen) atoms. The van der Waals surface area contributed by atoms with Crippen molar-refractivity contribution in [3.8, 4) is 0 Å². The summed E-state index contributed by atoms with van der Waals surface area (Å²) in [5, 5.41) is 4.08. The van der Waals surface area contributed by atoms with Crippen molar-refractivity contribution < 1.29 is 4.79 Å². The Morgan fingerprint density at radius 3 is 2.46 bits per heavy atom. The van der Waals surface area contributed by atoms with Gasteiger partial charge in [0.05, 0.1) is 5.54 Å². The Bertz CT molecular complexity index is 603. The number of carbonyl (C=O) groups is 1. The fourth-order valence-corrected chi connectivity index (χ4v) is 4.93. The lowest BCUT2D eigenvalue weighted by Crippen LogP contribution is -2.50. The van der Waals surface area contributed by atoms with E-state index in [1.54, 1.807) is 0 Å². The van der Waals surface area contributed by atoms with Crippen molar-refractivity contribution in [2.75, 3.05) is 0 Å². The lowest BCUT2D eigenvalue weighted by atomic mass is 9.65. The molecule has 3 N–H and O–H groups in total. The van der Waals surface area contributed by atoms with E-state index in [4.69, 9.17) is 17.3 Å². The van der Waals surface area contributed by atoms with E-state index in [0.29, 0.717) is 17.9 Å². The van der Waals surface area contributed by atoms with Gasteiger partial charge < -0.3 is 11.1 Å². The molecule has 0 aromatic heterocycles. The van der Waals surface area contributed by atoms with Gasteiger partial charge in [-0.15, -0.1) is 12.4 Å². The van der Waals surface area contributed by atoms with E-state index in [1.165, 1.54) is 19.3 Å². The lowest BCUT2D eigenvalue weighted by Gasteiger charge is -2.43. The van der Waals surface area contributed by atoms with E-state index in [9.17, 15) is 4.79 Å². The van der Waals surface area contributed by atoms with E-state index < -0.39 is 0 Å². The molecule has 1 aromatic rings. The van der Waals surface area contributed by atoms with Gasteiger partial charge in [0.15, 0.2) is 0 Å². The van der Waals surface area contributed by atoms with Crippen LogP contribution in [0.1, 0.15) is 50.5 Å². The molecule has 3 fully saturated rings. The number of amides is 1. The van der Waals surface area contributed by atoms with Crippen LogP contribution >= 0.6 is 24.0 Å². The van der Waals surface area contributed by atoms with Crippen molar-refractivity contribution >= 4 is 29.9 Å². The summed E-state index contributed by atoms with van der Waals surface area (Å²) in [6.45, 7) is 0. The third kappa shape index (κ3) is 3.31. The minimum Gasteiger partial charge on any atom is -0.346 e. The number of hydrogen-bond donors (Lipinski definition) is 2. The molecule has 3 aliphatic rings. The predicted octanol–water partition coefficient (Wildman–Crippen LogP) is 4.02. The molecular formula is C19H26Cl2N2O. The number of rotatable bonds is 3. The van der Waals surface area contributed by atoms with Crippen LogP contribution in [0.2, 0.25) is 5.02 Å². The van der Waals surface area contributed by atoms with Gasteiger partial charge in [-0.3, -0.25) is 4.79 Å². The summed E-state index contributed by atoms with van der Waals surface area (Å²) < 4.78 is 0. The van der Waals surface area contributed by atoms with Gasteiger partial charge in [0.2, 0.25) is 5.91 Å². The van der Waals surface area contributed by atoms with Crippen LogP contribution in [0.5, 0.6) is 0 Å². The Hall–Kier alpha value is -0.770. The van der Waals surface area contributed by atoms with Crippen LogP contribution in [-0.4, -0.2) is 11.9 Å². The van der Waals surface area contributed by atoms with Crippen LogP contribution in [0.4, 0.5) is 0 Å². The van der Waals surface area contributed by atoms with Crippen LogP contribution in [0.3, 0.4) is 0 Å². The number of nitrogens with two attached hydrogens (primary N) is 1. The van der Waals surface area contributed by atoms with Gasteiger partial charge in [0.25, 0.3) is 0 Å². The summed E-state index contributed by atoms with van der Waals surface area (Å²) in [5.41, 5.74) is 7.32. The molecule has 0 spiro atoms. The van der Waals surface area contributed by atoms with Gasteiger partial charge in [-0.25, -0.2) is 0 Å². The first-order valence-electron chi connectivity index (χ1n) is 8.91. The molecule has 3 saturated carbocycles. The van der Waals surface area contributed by atoms with Crippen molar-refractivity contribution in [1.29, 1.82) is 0 Å². The second-order valence-corrected chi connectivity index (χ2v) is 8.21. The largest absolute Gasteiger partial charge is 0.346 e. The highest BCUT2D eigenvalue weighted by atomic mass is 35.5. The van der Waals surface area contributed by atoms with Gasteiger partial charge in [-0.1, -0.05) is 30.2 Å². The number of carbonyl (C=O) groups excluding carboxylic acids is 1. The molecule has 0 saturated heterocycles. The quantitative estimate of drug-likeness (QED) is 0.846. The molecule has 3 aliphatic carbocycles. The van der Waals surface area contributed by atoms with Crippen LogP contribution in [0.25, 0.3) is 0 Å². The summed E-state index contributed by atoms with van der Waals surface area (Å²) in [6.07, 6.45) is 7.63. The Labute approximate surface area is 155 Å². The highest BCUT2D eigenvalue weighted by Crippen LogP contribution is 2.47. The molecule has 2 bridgehead atoms. The predicted molar refractivity (Wildman–Crippen MR) is 99.3 cm³/mol. The Morgan fingerprint density at radius 1 is 1.21 bits per heavy atom. The molecule has 1 aromatic carbocycles. The minimum absolute atomic E-state index is 0. The molecule has 0 radical (unpaired) electrons. The number of hydrogen-bond acceptors (Lipinski definition) is 2. The normalized spacial score (nSPS) is 33.2. The van der Waals surface area contributed by atoms with E-state index in [1.807, 2.05) is 18.2 Å². The molecule has 0 aliphatic heterocycles. The van der Waals surface area contributed by atoms with Crippen molar-refractivity contribution in [1.82, 2.24) is 5.32 Å². The number of fused-ring (bicyclic) bond motifs is 2. The average molecular weight is 369 g/mol. The average Bonchev–Trinajstić information content (AvgIpc) is 3.27.